The summed E-state index contributed by atoms with van der Waals surface area (Å²) in [6.07, 6.45) is 3.64. The van der Waals surface area contributed by atoms with Crippen LogP contribution in [-0.4, -0.2) is 31.1 Å². The molecule has 0 heterocycles. The molecule has 0 saturated carbocycles. The Morgan fingerprint density at radius 3 is 1.72 bits per heavy atom. The summed E-state index contributed by atoms with van der Waals surface area (Å²) in [4.78, 5) is 35.8. The molecule has 0 N–H and O–H groups in total. The SMILES string of the molecule is C=CC(=O)OCCCOc1ccc(C(=O)Oc2ccc(OC(=O)c3ccc(CCC)cc3)cc2)cc1. The summed E-state index contributed by atoms with van der Waals surface area (Å²) in [5.74, 6) is -0.219. The molecule has 0 aliphatic rings. The Morgan fingerprint density at radius 2 is 1.22 bits per heavy atom. The van der Waals surface area contributed by atoms with E-state index in [1.807, 2.05) is 12.1 Å². The van der Waals surface area contributed by atoms with E-state index in [2.05, 4.69) is 13.5 Å². The zero-order valence-corrected chi connectivity index (χ0v) is 20.1. The molecule has 3 aromatic carbocycles. The van der Waals surface area contributed by atoms with Gasteiger partial charge in [0.25, 0.3) is 0 Å². The third-order valence-corrected chi connectivity index (χ3v) is 5.03. The van der Waals surface area contributed by atoms with Crippen molar-refractivity contribution >= 4 is 17.9 Å². The Balaban J connectivity index is 1.46. The predicted octanol–water partition coefficient (Wildman–Crippen LogP) is 5.58. The van der Waals surface area contributed by atoms with Crippen LogP contribution >= 0.6 is 0 Å². The number of benzene rings is 3. The van der Waals surface area contributed by atoms with E-state index >= 15 is 0 Å². The van der Waals surface area contributed by atoms with Crippen molar-refractivity contribution in [1.82, 2.24) is 0 Å². The summed E-state index contributed by atoms with van der Waals surface area (Å²) >= 11 is 0. The number of hydrogen-bond donors (Lipinski definition) is 0. The van der Waals surface area contributed by atoms with E-state index in [0.29, 0.717) is 41.4 Å². The van der Waals surface area contributed by atoms with Gasteiger partial charge in [-0.25, -0.2) is 14.4 Å². The first-order valence-electron chi connectivity index (χ1n) is 11.6. The van der Waals surface area contributed by atoms with E-state index in [9.17, 15) is 14.4 Å². The van der Waals surface area contributed by atoms with Crippen LogP contribution < -0.4 is 14.2 Å². The average molecular weight is 489 g/mol. The van der Waals surface area contributed by atoms with Crippen molar-refractivity contribution in [3.8, 4) is 17.2 Å². The van der Waals surface area contributed by atoms with Crippen molar-refractivity contribution < 1.29 is 33.3 Å². The molecule has 0 aliphatic heterocycles. The molecule has 7 nitrogen and oxygen atoms in total. The van der Waals surface area contributed by atoms with Gasteiger partial charge in [0.05, 0.1) is 24.3 Å². The number of rotatable bonds is 12. The summed E-state index contributed by atoms with van der Waals surface area (Å²) < 4.78 is 21.2. The highest BCUT2D eigenvalue weighted by Crippen LogP contribution is 2.21. The second kappa shape index (κ2) is 13.5. The molecule has 0 unspecified atom stereocenters. The van der Waals surface area contributed by atoms with Crippen LogP contribution in [0, 0.1) is 0 Å². The van der Waals surface area contributed by atoms with E-state index in [-0.39, 0.29) is 6.61 Å². The van der Waals surface area contributed by atoms with E-state index in [1.165, 1.54) is 5.56 Å². The van der Waals surface area contributed by atoms with Gasteiger partial charge < -0.3 is 18.9 Å². The van der Waals surface area contributed by atoms with Gasteiger partial charge in [-0.15, -0.1) is 0 Å². The van der Waals surface area contributed by atoms with E-state index < -0.39 is 17.9 Å². The topological polar surface area (TPSA) is 88.1 Å². The highest BCUT2D eigenvalue weighted by atomic mass is 16.5. The zero-order valence-electron chi connectivity index (χ0n) is 20.1. The Labute approximate surface area is 210 Å². The first kappa shape index (κ1) is 26.2. The minimum Gasteiger partial charge on any atom is -0.493 e. The molecule has 36 heavy (non-hydrogen) atoms. The summed E-state index contributed by atoms with van der Waals surface area (Å²) in [6.45, 7) is 6.02. The third kappa shape index (κ3) is 8.13. The Kier molecular flexibility index (Phi) is 9.82. The van der Waals surface area contributed by atoms with Gasteiger partial charge in [-0.3, -0.25) is 0 Å². The molecule has 0 saturated heterocycles. The summed E-state index contributed by atoms with van der Waals surface area (Å²) in [5, 5.41) is 0. The molecule has 186 valence electrons. The van der Waals surface area contributed by atoms with Gasteiger partial charge >= 0.3 is 17.9 Å². The van der Waals surface area contributed by atoms with Crippen LogP contribution in [0.2, 0.25) is 0 Å². The smallest absolute Gasteiger partial charge is 0.343 e. The molecule has 7 heteroatoms. The lowest BCUT2D eigenvalue weighted by Crippen LogP contribution is -2.10. The largest absolute Gasteiger partial charge is 0.493 e. The lowest BCUT2D eigenvalue weighted by molar-refractivity contribution is -0.137. The Hall–Kier alpha value is -4.39. The maximum atomic E-state index is 12.4. The quantitative estimate of drug-likeness (QED) is 0.142. The fourth-order valence-electron chi connectivity index (χ4n) is 3.17. The highest BCUT2D eigenvalue weighted by Gasteiger charge is 2.11. The summed E-state index contributed by atoms with van der Waals surface area (Å²) in [6, 6.07) is 20.1. The number of carbonyl (C=O) groups excluding carboxylic acids is 3. The van der Waals surface area contributed by atoms with Crippen LogP contribution in [0.15, 0.2) is 85.5 Å². The monoisotopic (exact) mass is 488 g/mol. The van der Waals surface area contributed by atoms with Gasteiger partial charge in [-0.05, 0) is 72.6 Å². The van der Waals surface area contributed by atoms with Crippen LogP contribution in [0.4, 0.5) is 0 Å². The van der Waals surface area contributed by atoms with E-state index in [0.717, 1.165) is 18.9 Å². The average Bonchev–Trinajstić information content (AvgIpc) is 2.90. The molecular weight excluding hydrogens is 460 g/mol. The van der Waals surface area contributed by atoms with Crippen molar-refractivity contribution in [2.75, 3.05) is 13.2 Å². The molecule has 0 bridgehead atoms. The van der Waals surface area contributed by atoms with Crippen molar-refractivity contribution in [2.45, 2.75) is 26.2 Å². The second-order valence-electron chi connectivity index (χ2n) is 7.80. The molecular formula is C29H28O7. The van der Waals surface area contributed by atoms with Gasteiger partial charge in [0.1, 0.15) is 17.2 Å². The van der Waals surface area contributed by atoms with Gasteiger partial charge in [-0.2, -0.15) is 0 Å². The Morgan fingerprint density at radius 1 is 0.722 bits per heavy atom. The Bertz CT molecular complexity index is 1160. The predicted molar refractivity (Wildman–Crippen MR) is 135 cm³/mol. The fourth-order valence-corrected chi connectivity index (χ4v) is 3.17. The number of aryl methyl sites for hydroxylation is 1. The first-order valence-corrected chi connectivity index (χ1v) is 11.6. The summed E-state index contributed by atoms with van der Waals surface area (Å²) in [7, 11) is 0. The molecule has 0 aliphatic carbocycles. The van der Waals surface area contributed by atoms with Crippen LogP contribution in [0.5, 0.6) is 17.2 Å². The third-order valence-electron chi connectivity index (χ3n) is 5.03. The number of carbonyl (C=O) groups is 3. The van der Waals surface area contributed by atoms with Crippen molar-refractivity contribution in [2.24, 2.45) is 0 Å². The number of ether oxygens (including phenoxy) is 4. The maximum Gasteiger partial charge on any atom is 0.343 e. The van der Waals surface area contributed by atoms with E-state index in [1.54, 1.807) is 60.7 Å². The van der Waals surface area contributed by atoms with Crippen molar-refractivity contribution in [3.05, 3.63) is 102 Å². The number of hydrogen-bond acceptors (Lipinski definition) is 7. The lowest BCUT2D eigenvalue weighted by Gasteiger charge is -2.09. The summed E-state index contributed by atoms with van der Waals surface area (Å²) in [5.41, 5.74) is 1.99. The maximum absolute atomic E-state index is 12.4. The normalized spacial score (nSPS) is 10.2. The minimum atomic E-state index is -0.533. The minimum absolute atomic E-state index is 0.236. The number of esters is 3. The second-order valence-corrected chi connectivity index (χ2v) is 7.80. The van der Waals surface area contributed by atoms with Crippen molar-refractivity contribution in [1.29, 1.82) is 0 Å². The standard InChI is InChI=1S/C29H28O7/c1-3-6-21-7-9-22(10-8-21)28(31)35-25-15-17-26(18-16-25)36-29(32)23-11-13-24(14-12-23)33-19-5-20-34-27(30)4-2/h4,7-18H,2-3,5-6,19-20H2,1H3. The molecule has 0 atom stereocenters. The van der Waals surface area contributed by atoms with Crippen molar-refractivity contribution in [3.63, 3.8) is 0 Å². The van der Waals surface area contributed by atoms with Gasteiger partial charge in [-0.1, -0.05) is 32.1 Å². The van der Waals surface area contributed by atoms with Gasteiger partial charge in [0.2, 0.25) is 0 Å². The molecule has 0 aromatic heterocycles. The fraction of sp³-hybridized carbons (Fsp3) is 0.207. The molecule has 0 amide bonds. The first-order chi connectivity index (χ1) is 17.5. The molecule has 0 fully saturated rings. The molecule has 3 rings (SSSR count). The zero-order chi connectivity index (χ0) is 25.8. The van der Waals surface area contributed by atoms with Crippen LogP contribution in [0.3, 0.4) is 0 Å². The van der Waals surface area contributed by atoms with Crippen LogP contribution in [0.1, 0.15) is 46.0 Å². The highest BCUT2D eigenvalue weighted by molar-refractivity contribution is 5.92. The molecule has 0 radical (unpaired) electrons. The van der Waals surface area contributed by atoms with Gasteiger partial charge in [0, 0.05) is 12.5 Å². The van der Waals surface area contributed by atoms with Gasteiger partial charge in [0.15, 0.2) is 0 Å². The molecule has 0 spiro atoms. The lowest BCUT2D eigenvalue weighted by atomic mass is 10.1. The van der Waals surface area contributed by atoms with E-state index in [4.69, 9.17) is 18.9 Å². The molecule has 3 aromatic rings. The van der Waals surface area contributed by atoms with Crippen LogP contribution in [-0.2, 0) is 16.0 Å². The van der Waals surface area contributed by atoms with Crippen LogP contribution in [0.25, 0.3) is 0 Å².